The number of halogens is 1. The van der Waals surface area contributed by atoms with Gasteiger partial charge in [-0.05, 0) is 61.5 Å². The number of hydrogen-bond donors (Lipinski definition) is 2. The van der Waals surface area contributed by atoms with Gasteiger partial charge < -0.3 is 10.1 Å². The van der Waals surface area contributed by atoms with E-state index in [0.29, 0.717) is 22.9 Å². The lowest BCUT2D eigenvalue weighted by Crippen LogP contribution is -2.34. The summed E-state index contributed by atoms with van der Waals surface area (Å²) in [6.45, 7) is 4.56. The molecule has 126 valence electrons. The SMILES string of the molecule is CCCOc1cccc(C(=O)NC(=S)Nc2cc(Cl)ccc2C)c1. The van der Waals surface area contributed by atoms with E-state index >= 15 is 0 Å². The third kappa shape index (κ3) is 5.22. The minimum atomic E-state index is -0.297. The van der Waals surface area contributed by atoms with Gasteiger partial charge in [0.1, 0.15) is 5.75 Å². The molecule has 0 aliphatic rings. The molecule has 6 heteroatoms. The van der Waals surface area contributed by atoms with Gasteiger partial charge in [-0.3, -0.25) is 10.1 Å². The van der Waals surface area contributed by atoms with Gasteiger partial charge in [0.25, 0.3) is 5.91 Å². The van der Waals surface area contributed by atoms with Crippen molar-refractivity contribution in [3.8, 4) is 5.75 Å². The molecule has 2 N–H and O–H groups in total. The van der Waals surface area contributed by atoms with Gasteiger partial charge in [-0.25, -0.2) is 0 Å². The number of aryl methyl sites for hydroxylation is 1. The van der Waals surface area contributed by atoms with Gasteiger partial charge in [0.05, 0.1) is 6.61 Å². The van der Waals surface area contributed by atoms with Crippen molar-refractivity contribution in [3.63, 3.8) is 0 Å². The smallest absolute Gasteiger partial charge is 0.257 e. The number of rotatable bonds is 5. The molecule has 0 fully saturated rings. The maximum absolute atomic E-state index is 12.3. The third-order valence-corrected chi connectivity index (χ3v) is 3.68. The summed E-state index contributed by atoms with van der Waals surface area (Å²) in [6.07, 6.45) is 0.906. The number of anilines is 1. The Balaban J connectivity index is 2.01. The number of thiocarbonyl (C=S) groups is 1. The molecule has 4 nitrogen and oxygen atoms in total. The first kappa shape index (κ1) is 18.2. The number of nitrogens with one attached hydrogen (secondary N) is 2. The Labute approximate surface area is 152 Å². The van der Waals surface area contributed by atoms with Gasteiger partial charge >= 0.3 is 0 Å². The Kier molecular flexibility index (Phi) is 6.58. The van der Waals surface area contributed by atoms with Crippen molar-refractivity contribution in [1.82, 2.24) is 5.32 Å². The van der Waals surface area contributed by atoms with E-state index in [-0.39, 0.29) is 11.0 Å². The number of ether oxygens (including phenoxy) is 1. The average Bonchev–Trinajstić information content (AvgIpc) is 2.56. The molecule has 0 unspecified atom stereocenters. The second-order valence-electron chi connectivity index (χ2n) is 5.24. The minimum absolute atomic E-state index is 0.213. The molecular weight excluding hydrogens is 344 g/mol. The molecule has 0 atom stereocenters. The van der Waals surface area contributed by atoms with Crippen LogP contribution in [-0.2, 0) is 0 Å². The zero-order valence-corrected chi connectivity index (χ0v) is 15.1. The highest BCUT2D eigenvalue weighted by atomic mass is 35.5. The number of carbonyl (C=O) groups excluding carboxylic acids is 1. The first-order valence-corrected chi connectivity index (χ1v) is 8.39. The predicted molar refractivity (Wildman–Crippen MR) is 102 cm³/mol. The second-order valence-corrected chi connectivity index (χ2v) is 6.09. The van der Waals surface area contributed by atoms with Crippen molar-refractivity contribution in [1.29, 1.82) is 0 Å². The van der Waals surface area contributed by atoms with Gasteiger partial charge in [-0.2, -0.15) is 0 Å². The highest BCUT2D eigenvalue weighted by Gasteiger charge is 2.10. The summed E-state index contributed by atoms with van der Waals surface area (Å²) >= 11 is 11.2. The fourth-order valence-corrected chi connectivity index (χ4v) is 2.38. The normalized spacial score (nSPS) is 10.1. The number of amides is 1. The largest absolute Gasteiger partial charge is 0.494 e. The van der Waals surface area contributed by atoms with E-state index in [0.717, 1.165) is 17.7 Å². The lowest BCUT2D eigenvalue weighted by Gasteiger charge is -2.12. The summed E-state index contributed by atoms with van der Waals surface area (Å²) in [6, 6.07) is 12.4. The summed E-state index contributed by atoms with van der Waals surface area (Å²) in [7, 11) is 0. The Morgan fingerprint density at radius 1 is 1.25 bits per heavy atom. The van der Waals surface area contributed by atoms with Gasteiger partial charge in [0.15, 0.2) is 5.11 Å². The van der Waals surface area contributed by atoms with Gasteiger partial charge in [0, 0.05) is 16.3 Å². The highest BCUT2D eigenvalue weighted by molar-refractivity contribution is 7.80. The summed E-state index contributed by atoms with van der Waals surface area (Å²) in [5, 5.41) is 6.45. The lowest BCUT2D eigenvalue weighted by molar-refractivity contribution is 0.0977. The summed E-state index contributed by atoms with van der Waals surface area (Å²) in [5.41, 5.74) is 2.22. The van der Waals surface area contributed by atoms with Crippen LogP contribution >= 0.6 is 23.8 Å². The zero-order chi connectivity index (χ0) is 17.5. The molecule has 0 radical (unpaired) electrons. The Morgan fingerprint density at radius 2 is 2.04 bits per heavy atom. The van der Waals surface area contributed by atoms with E-state index in [4.69, 9.17) is 28.6 Å². The van der Waals surface area contributed by atoms with E-state index in [1.54, 1.807) is 30.3 Å². The van der Waals surface area contributed by atoms with Crippen LogP contribution in [0.3, 0.4) is 0 Å². The number of carbonyl (C=O) groups is 1. The molecule has 0 heterocycles. The lowest BCUT2D eigenvalue weighted by atomic mass is 10.2. The van der Waals surface area contributed by atoms with E-state index in [1.807, 2.05) is 26.0 Å². The zero-order valence-electron chi connectivity index (χ0n) is 13.6. The van der Waals surface area contributed by atoms with Crippen molar-refractivity contribution in [2.45, 2.75) is 20.3 Å². The van der Waals surface area contributed by atoms with Crippen LogP contribution in [0.5, 0.6) is 5.75 Å². The van der Waals surface area contributed by atoms with Crippen molar-refractivity contribution < 1.29 is 9.53 Å². The molecule has 0 saturated carbocycles. The summed E-state index contributed by atoms with van der Waals surface area (Å²) in [4.78, 5) is 12.3. The molecule has 1 amide bonds. The molecule has 2 aromatic rings. The van der Waals surface area contributed by atoms with Crippen LogP contribution in [0.4, 0.5) is 5.69 Å². The standard InChI is InChI=1S/C18H19ClN2O2S/c1-3-9-23-15-6-4-5-13(10-15)17(22)21-18(24)20-16-11-14(19)8-7-12(16)2/h4-8,10-11H,3,9H2,1-2H3,(H2,20,21,22,24). The highest BCUT2D eigenvalue weighted by Crippen LogP contribution is 2.20. The first-order valence-electron chi connectivity index (χ1n) is 7.61. The minimum Gasteiger partial charge on any atom is -0.494 e. The van der Waals surface area contributed by atoms with Gasteiger partial charge in [-0.15, -0.1) is 0 Å². The molecule has 0 saturated heterocycles. The molecule has 0 aliphatic carbocycles. The average molecular weight is 363 g/mol. The van der Waals surface area contributed by atoms with Crippen molar-refractivity contribution >= 4 is 40.5 Å². The molecule has 24 heavy (non-hydrogen) atoms. The maximum Gasteiger partial charge on any atom is 0.257 e. The summed E-state index contributed by atoms with van der Waals surface area (Å²) in [5.74, 6) is 0.364. The van der Waals surface area contributed by atoms with Crippen LogP contribution in [0.2, 0.25) is 5.02 Å². The van der Waals surface area contributed by atoms with Crippen molar-refractivity contribution in [2.75, 3.05) is 11.9 Å². The van der Waals surface area contributed by atoms with Crippen LogP contribution in [-0.4, -0.2) is 17.6 Å². The van der Waals surface area contributed by atoms with Crippen LogP contribution < -0.4 is 15.4 Å². The van der Waals surface area contributed by atoms with Crippen LogP contribution in [0.15, 0.2) is 42.5 Å². The fraction of sp³-hybridized carbons (Fsp3) is 0.222. The molecule has 2 aromatic carbocycles. The number of hydrogen-bond acceptors (Lipinski definition) is 3. The van der Waals surface area contributed by atoms with Crippen molar-refractivity contribution in [2.24, 2.45) is 0 Å². The van der Waals surface area contributed by atoms with Crippen LogP contribution in [0.25, 0.3) is 0 Å². The topological polar surface area (TPSA) is 50.4 Å². The van der Waals surface area contributed by atoms with Crippen LogP contribution in [0, 0.1) is 6.92 Å². The summed E-state index contributed by atoms with van der Waals surface area (Å²) < 4.78 is 5.53. The van der Waals surface area contributed by atoms with Gasteiger partial charge in [0.2, 0.25) is 0 Å². The van der Waals surface area contributed by atoms with E-state index in [2.05, 4.69) is 10.6 Å². The second kappa shape index (κ2) is 8.66. The third-order valence-electron chi connectivity index (χ3n) is 3.24. The first-order chi connectivity index (χ1) is 11.5. The Hall–Kier alpha value is -2.11. The fourth-order valence-electron chi connectivity index (χ4n) is 2.00. The molecule has 0 bridgehead atoms. The van der Waals surface area contributed by atoms with Gasteiger partial charge in [-0.1, -0.05) is 30.7 Å². The van der Waals surface area contributed by atoms with E-state index in [9.17, 15) is 4.79 Å². The number of benzene rings is 2. The quantitative estimate of drug-likeness (QED) is 0.765. The Bertz CT molecular complexity index is 750. The molecule has 0 aromatic heterocycles. The predicted octanol–water partition coefficient (Wildman–Crippen LogP) is 4.56. The molecule has 0 aliphatic heterocycles. The monoisotopic (exact) mass is 362 g/mol. The van der Waals surface area contributed by atoms with E-state index < -0.39 is 0 Å². The molecular formula is C18H19ClN2O2S. The maximum atomic E-state index is 12.3. The van der Waals surface area contributed by atoms with Crippen LogP contribution in [0.1, 0.15) is 29.3 Å². The molecule has 0 spiro atoms. The molecule has 2 rings (SSSR count). The van der Waals surface area contributed by atoms with Crippen molar-refractivity contribution in [3.05, 3.63) is 58.6 Å². The Morgan fingerprint density at radius 3 is 2.79 bits per heavy atom. The van der Waals surface area contributed by atoms with E-state index in [1.165, 1.54) is 0 Å².